The van der Waals surface area contributed by atoms with Crippen LogP contribution in [-0.4, -0.2) is 86.0 Å². The fourth-order valence-electron chi connectivity index (χ4n) is 12.9. The highest BCUT2D eigenvalue weighted by molar-refractivity contribution is 5.78. The average molecular weight is 649 g/mol. The molecule has 0 bridgehead atoms. The topological polar surface area (TPSA) is 174 Å². The van der Waals surface area contributed by atoms with Gasteiger partial charge < -0.3 is 40.1 Å². The summed E-state index contributed by atoms with van der Waals surface area (Å²) in [6, 6.07) is 0. The Morgan fingerprint density at radius 2 is 1.52 bits per heavy atom. The zero-order chi connectivity index (χ0) is 33.8. The first-order valence-corrected chi connectivity index (χ1v) is 17.5. The number of hydrogen-bond donors (Lipinski definition) is 6. The van der Waals surface area contributed by atoms with Crippen LogP contribution in [0.5, 0.6) is 0 Å². The van der Waals surface area contributed by atoms with Crippen molar-refractivity contribution in [2.45, 2.75) is 136 Å². The third-order valence-corrected chi connectivity index (χ3v) is 15.6. The molecule has 1 aliphatic heterocycles. The third kappa shape index (κ3) is 4.35. The van der Waals surface area contributed by atoms with Crippen molar-refractivity contribution in [1.82, 2.24) is 0 Å². The maximum Gasteiger partial charge on any atom is 0.317 e. The number of hydrogen-bond acceptors (Lipinski definition) is 9. The van der Waals surface area contributed by atoms with Crippen molar-refractivity contribution in [3.05, 3.63) is 12.2 Å². The lowest BCUT2D eigenvalue weighted by molar-refractivity contribution is -0.302. The quantitative estimate of drug-likeness (QED) is 0.192. The molecule has 10 nitrogen and oxygen atoms in total. The number of rotatable bonds is 5. The van der Waals surface area contributed by atoms with E-state index in [1.807, 2.05) is 0 Å². The van der Waals surface area contributed by atoms with Gasteiger partial charge in [0.05, 0.1) is 23.5 Å². The van der Waals surface area contributed by atoms with E-state index in [1.54, 1.807) is 6.92 Å². The fraction of sp³-hybridized carbons (Fsp3) is 0.889. The van der Waals surface area contributed by atoms with Gasteiger partial charge in [-0.05, 0) is 124 Å². The van der Waals surface area contributed by atoms with E-state index in [0.717, 1.165) is 44.1 Å². The largest absolute Gasteiger partial charge is 0.481 e. The van der Waals surface area contributed by atoms with Crippen LogP contribution in [0.4, 0.5) is 0 Å². The zero-order valence-corrected chi connectivity index (χ0v) is 28.2. The molecule has 6 fully saturated rings. The number of aliphatic carboxylic acids is 1. The highest BCUT2D eigenvalue weighted by Crippen LogP contribution is 2.77. The van der Waals surface area contributed by atoms with Gasteiger partial charge in [-0.2, -0.15) is 0 Å². The Morgan fingerprint density at radius 3 is 2.15 bits per heavy atom. The smallest absolute Gasteiger partial charge is 0.317 e. The molecule has 5 saturated carbocycles. The number of carbonyl (C=O) groups excluding carboxylic acids is 1. The molecule has 6 N–H and O–H groups in total. The van der Waals surface area contributed by atoms with Crippen LogP contribution in [0.25, 0.3) is 0 Å². The van der Waals surface area contributed by atoms with E-state index in [-0.39, 0.29) is 45.8 Å². The lowest BCUT2D eigenvalue weighted by atomic mass is 9.32. The second kappa shape index (κ2) is 11.2. The maximum atomic E-state index is 14.1. The van der Waals surface area contributed by atoms with Gasteiger partial charge in [-0.15, -0.1) is 0 Å². The number of carbonyl (C=O) groups is 2. The summed E-state index contributed by atoms with van der Waals surface area (Å²) in [5.74, 6) is -0.817. The minimum absolute atomic E-state index is 0.0662. The molecule has 0 aromatic rings. The van der Waals surface area contributed by atoms with Crippen LogP contribution < -0.4 is 0 Å². The number of ether oxygens (including phenoxy) is 2. The van der Waals surface area contributed by atoms with Gasteiger partial charge in [0.25, 0.3) is 0 Å². The van der Waals surface area contributed by atoms with Crippen molar-refractivity contribution < 1.29 is 49.7 Å². The molecule has 1 saturated heterocycles. The van der Waals surface area contributed by atoms with Gasteiger partial charge in [0.15, 0.2) is 0 Å². The van der Waals surface area contributed by atoms with Gasteiger partial charge in [-0.1, -0.05) is 32.9 Å². The Kier molecular flexibility index (Phi) is 8.38. The number of allylic oxidation sites excluding steroid dienone is 1. The van der Waals surface area contributed by atoms with Crippen LogP contribution >= 0.6 is 0 Å². The average Bonchev–Trinajstić information content (AvgIpc) is 3.41. The highest BCUT2D eigenvalue weighted by atomic mass is 16.7. The van der Waals surface area contributed by atoms with Crippen molar-refractivity contribution in [3.8, 4) is 0 Å². The second-order valence-corrected chi connectivity index (χ2v) is 17.1. The van der Waals surface area contributed by atoms with Crippen LogP contribution in [0.2, 0.25) is 0 Å². The van der Waals surface area contributed by atoms with Crippen LogP contribution in [-0.2, 0) is 19.1 Å². The lowest BCUT2D eigenvalue weighted by Gasteiger charge is -2.72. The molecule has 0 aromatic carbocycles. The van der Waals surface area contributed by atoms with E-state index >= 15 is 0 Å². The first-order chi connectivity index (χ1) is 21.4. The van der Waals surface area contributed by atoms with Crippen molar-refractivity contribution >= 4 is 11.9 Å². The zero-order valence-electron chi connectivity index (χ0n) is 28.2. The summed E-state index contributed by atoms with van der Waals surface area (Å²) in [5, 5.41) is 62.9. The molecule has 10 heteroatoms. The van der Waals surface area contributed by atoms with Crippen molar-refractivity contribution in [2.24, 2.45) is 56.7 Å². The minimum Gasteiger partial charge on any atom is -0.481 e. The van der Waals surface area contributed by atoms with E-state index in [2.05, 4.69) is 34.3 Å². The molecule has 6 rings (SSSR count). The molecule has 5 aliphatic carbocycles. The summed E-state index contributed by atoms with van der Waals surface area (Å²) in [6.07, 6.45) is -1.12. The predicted octanol–water partition coefficient (Wildman–Crippen LogP) is 3.41. The molecule has 46 heavy (non-hydrogen) atoms. The summed E-state index contributed by atoms with van der Waals surface area (Å²) >= 11 is 0. The van der Waals surface area contributed by atoms with Gasteiger partial charge in [0.2, 0.25) is 6.29 Å². The Labute approximate surface area is 272 Å². The maximum absolute atomic E-state index is 14.1. The van der Waals surface area contributed by atoms with Crippen LogP contribution in [0.15, 0.2) is 12.2 Å². The third-order valence-electron chi connectivity index (χ3n) is 15.6. The number of esters is 1. The summed E-state index contributed by atoms with van der Waals surface area (Å²) < 4.78 is 11.2. The number of aliphatic hydroxyl groups excluding tert-OH is 5. The molecular formula is C36H56O10. The second-order valence-electron chi connectivity index (χ2n) is 17.1. The van der Waals surface area contributed by atoms with E-state index in [4.69, 9.17) is 9.47 Å². The molecule has 0 spiro atoms. The Hall–Kier alpha value is -1.56. The fourth-order valence-corrected chi connectivity index (χ4v) is 12.9. The van der Waals surface area contributed by atoms with Crippen molar-refractivity contribution in [3.63, 3.8) is 0 Å². The van der Waals surface area contributed by atoms with Gasteiger partial charge in [-0.3, -0.25) is 9.59 Å². The first-order valence-electron chi connectivity index (χ1n) is 17.5. The van der Waals surface area contributed by atoms with E-state index in [0.29, 0.717) is 25.7 Å². The van der Waals surface area contributed by atoms with E-state index in [9.17, 15) is 40.2 Å². The summed E-state index contributed by atoms with van der Waals surface area (Å²) in [4.78, 5) is 27.1. The lowest BCUT2D eigenvalue weighted by Crippen LogP contribution is -2.68. The van der Waals surface area contributed by atoms with E-state index < -0.39 is 66.2 Å². The molecule has 16 atom stereocenters. The van der Waals surface area contributed by atoms with E-state index in [1.165, 1.54) is 0 Å². The minimum atomic E-state index is -1.72. The number of fused-ring (bicyclic) bond motifs is 7. The van der Waals surface area contributed by atoms with Crippen LogP contribution in [0.1, 0.15) is 98.8 Å². The molecule has 16 unspecified atom stereocenters. The molecule has 0 amide bonds. The van der Waals surface area contributed by atoms with Crippen LogP contribution in [0.3, 0.4) is 0 Å². The molecular weight excluding hydrogens is 592 g/mol. The van der Waals surface area contributed by atoms with Crippen molar-refractivity contribution in [1.29, 1.82) is 0 Å². The molecule has 6 aliphatic rings. The van der Waals surface area contributed by atoms with Crippen LogP contribution in [0, 0.1) is 56.7 Å². The molecule has 260 valence electrons. The van der Waals surface area contributed by atoms with Gasteiger partial charge in [-0.25, -0.2) is 0 Å². The normalized spacial score (nSPS) is 54.9. The summed E-state index contributed by atoms with van der Waals surface area (Å²) in [7, 11) is 0. The molecule has 1 heterocycles. The monoisotopic (exact) mass is 648 g/mol. The number of carboxylic acid groups (broad SMARTS) is 1. The summed E-state index contributed by atoms with van der Waals surface area (Å²) in [6.45, 7) is 14.6. The summed E-state index contributed by atoms with van der Waals surface area (Å²) in [5.41, 5.74) is -1.41. The SMILES string of the molecule is C=C(C)C1CCC2(C(=O)O)CCC3(C)C(CCC4C5(C)CCC(O)C(C)(C(=O)OC6OC(CO)C(O)C(O)C6O)C5CCC43C)C12. The first kappa shape index (κ1) is 34.3. The molecule has 0 aromatic heterocycles. The predicted molar refractivity (Wildman–Crippen MR) is 167 cm³/mol. The Morgan fingerprint density at radius 1 is 0.826 bits per heavy atom. The highest BCUT2D eigenvalue weighted by Gasteiger charge is 2.73. The number of aliphatic hydroxyl groups is 5. The molecule has 0 radical (unpaired) electrons. The Balaban J connectivity index is 1.31. The van der Waals surface area contributed by atoms with Gasteiger partial charge >= 0.3 is 11.9 Å². The standard InChI is InChI=1S/C36H56O10/c1-18(2)19-9-14-36(30(42)43)16-15-33(4)20(25(19)36)7-8-22-32(3)12-11-24(38)35(6,23(32)10-13-34(22,33)5)31(44)46-29-28(41)27(40)26(39)21(17-37)45-29/h19-29,37-41H,1,7-17H2,2-6H3,(H,42,43). The van der Waals surface area contributed by atoms with Gasteiger partial charge in [0.1, 0.15) is 24.4 Å². The van der Waals surface area contributed by atoms with Crippen molar-refractivity contribution in [2.75, 3.05) is 6.61 Å². The number of carboxylic acids is 1. The Bertz CT molecular complexity index is 1250. The van der Waals surface area contributed by atoms with Gasteiger partial charge in [0, 0.05) is 0 Å².